The first-order chi connectivity index (χ1) is 9.08. The van der Waals surface area contributed by atoms with Crippen molar-refractivity contribution in [3.8, 4) is 0 Å². The lowest BCUT2D eigenvalue weighted by Crippen LogP contribution is -2.45. The first-order valence-corrected chi connectivity index (χ1v) is 6.49. The molecule has 0 radical (unpaired) electrons. The minimum Gasteiger partial charge on any atom is -0.354 e. The maximum atomic E-state index is 13.6. The number of hydrogen-bond acceptors (Lipinski definition) is 2. The van der Waals surface area contributed by atoms with Crippen LogP contribution >= 0.6 is 11.6 Å². The fourth-order valence-corrected chi connectivity index (χ4v) is 2.15. The Balaban J connectivity index is 2.09. The van der Waals surface area contributed by atoms with E-state index in [4.69, 9.17) is 11.6 Å². The van der Waals surface area contributed by atoms with Crippen molar-refractivity contribution in [3.63, 3.8) is 0 Å². The molecule has 0 aliphatic carbocycles. The number of benzene rings is 1. The largest absolute Gasteiger partial charge is 0.354 e. The Morgan fingerprint density at radius 1 is 1.42 bits per heavy atom. The molecule has 1 heterocycles. The highest BCUT2D eigenvalue weighted by Crippen LogP contribution is 2.15. The van der Waals surface area contributed by atoms with Crippen LogP contribution < -0.4 is 10.6 Å². The smallest absolute Gasteiger partial charge is 0.254 e. The van der Waals surface area contributed by atoms with E-state index in [9.17, 15) is 14.0 Å². The second-order valence-corrected chi connectivity index (χ2v) is 4.87. The summed E-state index contributed by atoms with van der Waals surface area (Å²) in [6, 6.07) is 3.21. The van der Waals surface area contributed by atoms with Crippen LogP contribution in [-0.2, 0) is 4.79 Å². The molecule has 1 saturated heterocycles. The van der Waals surface area contributed by atoms with Gasteiger partial charge in [0.15, 0.2) is 0 Å². The second kappa shape index (κ2) is 6.02. The van der Waals surface area contributed by atoms with Crippen LogP contribution in [0.15, 0.2) is 18.2 Å². The third-order valence-electron chi connectivity index (χ3n) is 3.02. The molecule has 1 atom stereocenters. The molecule has 6 heteroatoms. The van der Waals surface area contributed by atoms with Crippen molar-refractivity contribution in [2.75, 3.05) is 6.54 Å². The average Bonchev–Trinajstić information content (AvgIpc) is 2.55. The van der Waals surface area contributed by atoms with E-state index in [2.05, 4.69) is 10.6 Å². The number of hydrogen-bond donors (Lipinski definition) is 2. The summed E-state index contributed by atoms with van der Waals surface area (Å²) in [5.41, 5.74) is -0.110. The van der Waals surface area contributed by atoms with E-state index in [1.165, 1.54) is 12.1 Å². The maximum absolute atomic E-state index is 13.6. The molecule has 0 aromatic heterocycles. The van der Waals surface area contributed by atoms with Gasteiger partial charge in [0.1, 0.15) is 11.9 Å². The number of halogens is 2. The fraction of sp³-hybridized carbons (Fsp3) is 0.385. The SMILES string of the molecule is O=C(N[C@@H]1CCCCNC1=O)c1ccc(Cl)cc1F. The summed E-state index contributed by atoms with van der Waals surface area (Å²) >= 11 is 5.62. The Morgan fingerprint density at radius 3 is 2.95 bits per heavy atom. The van der Waals surface area contributed by atoms with E-state index in [0.717, 1.165) is 18.9 Å². The van der Waals surface area contributed by atoms with Crippen LogP contribution in [0.25, 0.3) is 0 Å². The van der Waals surface area contributed by atoms with Gasteiger partial charge in [-0.15, -0.1) is 0 Å². The Morgan fingerprint density at radius 2 is 2.21 bits per heavy atom. The zero-order valence-electron chi connectivity index (χ0n) is 10.2. The van der Waals surface area contributed by atoms with Crippen molar-refractivity contribution >= 4 is 23.4 Å². The highest BCUT2D eigenvalue weighted by atomic mass is 35.5. The normalized spacial score (nSPS) is 19.5. The quantitative estimate of drug-likeness (QED) is 0.871. The van der Waals surface area contributed by atoms with Crippen LogP contribution in [0.1, 0.15) is 29.6 Å². The summed E-state index contributed by atoms with van der Waals surface area (Å²) < 4.78 is 13.6. The minimum absolute atomic E-state index is 0.110. The van der Waals surface area contributed by atoms with Gasteiger partial charge >= 0.3 is 0 Å². The number of rotatable bonds is 2. The molecule has 1 aromatic rings. The molecule has 2 rings (SSSR count). The molecule has 1 fully saturated rings. The summed E-state index contributed by atoms with van der Waals surface area (Å²) in [6.45, 7) is 0.612. The van der Waals surface area contributed by atoms with Gasteiger partial charge in [0.2, 0.25) is 5.91 Å². The van der Waals surface area contributed by atoms with E-state index in [-0.39, 0.29) is 16.5 Å². The highest BCUT2D eigenvalue weighted by molar-refractivity contribution is 6.30. The van der Waals surface area contributed by atoms with E-state index in [1.807, 2.05) is 0 Å². The summed E-state index contributed by atoms with van der Waals surface area (Å²) in [4.78, 5) is 23.6. The highest BCUT2D eigenvalue weighted by Gasteiger charge is 2.23. The lowest BCUT2D eigenvalue weighted by atomic mass is 10.1. The van der Waals surface area contributed by atoms with E-state index in [0.29, 0.717) is 13.0 Å². The number of amides is 2. The Labute approximate surface area is 115 Å². The van der Waals surface area contributed by atoms with Gasteiger partial charge in [0, 0.05) is 11.6 Å². The van der Waals surface area contributed by atoms with Crippen LogP contribution in [0, 0.1) is 5.82 Å². The predicted octanol–water partition coefficient (Wildman–Crippen LogP) is 1.88. The molecule has 0 unspecified atom stereocenters. The number of carbonyl (C=O) groups excluding carboxylic acids is 2. The Bertz CT molecular complexity index is 507. The molecule has 1 aromatic carbocycles. The lowest BCUT2D eigenvalue weighted by molar-refractivity contribution is -0.122. The van der Waals surface area contributed by atoms with Crippen molar-refractivity contribution < 1.29 is 14.0 Å². The Kier molecular flexibility index (Phi) is 4.37. The average molecular weight is 285 g/mol. The maximum Gasteiger partial charge on any atom is 0.254 e. The topological polar surface area (TPSA) is 58.2 Å². The van der Waals surface area contributed by atoms with Gasteiger partial charge in [-0.1, -0.05) is 11.6 Å². The zero-order chi connectivity index (χ0) is 13.8. The monoisotopic (exact) mass is 284 g/mol. The first kappa shape index (κ1) is 13.8. The van der Waals surface area contributed by atoms with E-state index in [1.54, 1.807) is 0 Å². The van der Waals surface area contributed by atoms with Crippen molar-refractivity contribution in [1.29, 1.82) is 0 Å². The van der Waals surface area contributed by atoms with Gasteiger partial charge < -0.3 is 10.6 Å². The van der Waals surface area contributed by atoms with Crippen molar-refractivity contribution in [3.05, 3.63) is 34.6 Å². The molecular formula is C13H14ClFN2O2. The van der Waals surface area contributed by atoms with Crippen molar-refractivity contribution in [2.24, 2.45) is 0 Å². The van der Waals surface area contributed by atoms with Gasteiger partial charge in [-0.2, -0.15) is 0 Å². The molecule has 4 nitrogen and oxygen atoms in total. The molecule has 0 saturated carbocycles. The third-order valence-corrected chi connectivity index (χ3v) is 3.25. The standard InChI is InChI=1S/C13H14ClFN2O2/c14-8-4-5-9(10(15)7-8)12(18)17-11-3-1-2-6-16-13(11)19/h4-5,7,11H,1-3,6H2,(H,16,19)(H,17,18)/t11-/m1/s1. The second-order valence-electron chi connectivity index (χ2n) is 4.44. The summed E-state index contributed by atoms with van der Waals surface area (Å²) in [6.07, 6.45) is 2.28. The molecule has 0 bridgehead atoms. The van der Waals surface area contributed by atoms with Crippen LogP contribution in [0.2, 0.25) is 5.02 Å². The molecule has 102 valence electrons. The molecule has 1 aliphatic heterocycles. The van der Waals surface area contributed by atoms with Crippen LogP contribution in [-0.4, -0.2) is 24.4 Å². The van der Waals surface area contributed by atoms with Crippen molar-refractivity contribution in [2.45, 2.75) is 25.3 Å². The molecule has 0 spiro atoms. The summed E-state index contributed by atoms with van der Waals surface area (Å²) in [5, 5.41) is 5.48. The first-order valence-electron chi connectivity index (χ1n) is 6.11. The molecule has 2 amide bonds. The Hall–Kier alpha value is -1.62. The van der Waals surface area contributed by atoms with E-state index >= 15 is 0 Å². The minimum atomic E-state index is -0.695. The van der Waals surface area contributed by atoms with Crippen LogP contribution in [0.4, 0.5) is 4.39 Å². The van der Waals surface area contributed by atoms with Crippen molar-refractivity contribution in [1.82, 2.24) is 10.6 Å². The third kappa shape index (κ3) is 3.44. The summed E-state index contributed by atoms with van der Waals surface area (Å²) in [5.74, 6) is -1.52. The molecule has 2 N–H and O–H groups in total. The number of carbonyl (C=O) groups is 2. The fourth-order valence-electron chi connectivity index (χ4n) is 1.99. The zero-order valence-corrected chi connectivity index (χ0v) is 11.0. The van der Waals surface area contributed by atoms with Gasteiger partial charge in [-0.3, -0.25) is 9.59 Å². The van der Waals surface area contributed by atoms with Gasteiger partial charge in [-0.05, 0) is 37.5 Å². The predicted molar refractivity (Wildman–Crippen MR) is 69.5 cm³/mol. The van der Waals surface area contributed by atoms with Crippen LogP contribution in [0.5, 0.6) is 0 Å². The summed E-state index contributed by atoms with van der Waals surface area (Å²) in [7, 11) is 0. The lowest BCUT2D eigenvalue weighted by Gasteiger charge is -2.15. The van der Waals surface area contributed by atoms with Crippen LogP contribution in [0.3, 0.4) is 0 Å². The van der Waals surface area contributed by atoms with E-state index < -0.39 is 17.8 Å². The van der Waals surface area contributed by atoms with Gasteiger partial charge in [-0.25, -0.2) is 4.39 Å². The van der Waals surface area contributed by atoms with Gasteiger partial charge in [0.05, 0.1) is 5.56 Å². The van der Waals surface area contributed by atoms with Gasteiger partial charge in [0.25, 0.3) is 5.91 Å². The molecular weight excluding hydrogens is 271 g/mol. The molecule has 1 aliphatic rings. The number of nitrogens with one attached hydrogen (secondary N) is 2. The molecule has 19 heavy (non-hydrogen) atoms.